The van der Waals surface area contributed by atoms with Crippen molar-refractivity contribution in [2.75, 3.05) is 25.1 Å². The molecule has 1 fully saturated rings. The van der Waals surface area contributed by atoms with E-state index in [0.29, 0.717) is 22.7 Å². The molecule has 0 saturated carbocycles. The molecule has 0 N–H and O–H groups in total. The number of fused-ring (bicyclic) bond motifs is 1. The summed E-state index contributed by atoms with van der Waals surface area (Å²) in [6.07, 6.45) is 7.76. The highest BCUT2D eigenvalue weighted by molar-refractivity contribution is 5.89. The summed E-state index contributed by atoms with van der Waals surface area (Å²) in [5, 5.41) is 5.53. The van der Waals surface area contributed by atoms with Gasteiger partial charge in [-0.2, -0.15) is 5.10 Å². The molecule has 1 aliphatic heterocycles. The van der Waals surface area contributed by atoms with Gasteiger partial charge < -0.3 is 9.64 Å². The van der Waals surface area contributed by atoms with E-state index in [1.807, 2.05) is 30.6 Å². The maximum atomic E-state index is 14.2. The van der Waals surface area contributed by atoms with Crippen LogP contribution in [0.15, 0.2) is 55.0 Å². The molecule has 0 unspecified atom stereocenters. The Hall–Kier alpha value is -3.39. The van der Waals surface area contributed by atoms with Gasteiger partial charge in [-0.15, -0.1) is 0 Å². The Kier molecular flexibility index (Phi) is 5.30. The van der Waals surface area contributed by atoms with Gasteiger partial charge in [-0.25, -0.2) is 24.0 Å². The van der Waals surface area contributed by atoms with E-state index in [1.54, 1.807) is 30.1 Å². The number of rotatable bonds is 5. The highest BCUT2D eigenvalue weighted by Gasteiger charge is 2.21. The molecule has 1 saturated heterocycles. The van der Waals surface area contributed by atoms with Gasteiger partial charge in [0.1, 0.15) is 11.5 Å². The third-order valence-electron chi connectivity index (χ3n) is 5.71. The van der Waals surface area contributed by atoms with E-state index in [0.717, 1.165) is 37.0 Å². The Balaban J connectivity index is 1.47. The molecule has 158 valence electrons. The van der Waals surface area contributed by atoms with Crippen LogP contribution in [0.1, 0.15) is 18.4 Å². The zero-order valence-corrected chi connectivity index (χ0v) is 17.3. The van der Waals surface area contributed by atoms with Crippen LogP contribution in [0, 0.1) is 5.82 Å². The van der Waals surface area contributed by atoms with Crippen molar-refractivity contribution in [3.63, 3.8) is 0 Å². The number of hydrogen-bond donors (Lipinski definition) is 0. The average molecular weight is 418 g/mol. The Bertz CT molecular complexity index is 1190. The van der Waals surface area contributed by atoms with Crippen molar-refractivity contribution < 1.29 is 9.13 Å². The number of pyridine rings is 1. The number of hydrogen-bond acceptors (Lipinski definition) is 6. The summed E-state index contributed by atoms with van der Waals surface area (Å²) in [6, 6.07) is 10.5. The van der Waals surface area contributed by atoms with Crippen molar-refractivity contribution in [2.45, 2.75) is 25.5 Å². The summed E-state index contributed by atoms with van der Waals surface area (Å²) in [5.41, 5.74) is 2.84. The van der Waals surface area contributed by atoms with E-state index < -0.39 is 0 Å². The van der Waals surface area contributed by atoms with Gasteiger partial charge in [0.2, 0.25) is 0 Å². The van der Waals surface area contributed by atoms with Gasteiger partial charge in [0.05, 0.1) is 36.1 Å². The highest BCUT2D eigenvalue weighted by atomic mass is 19.1. The van der Waals surface area contributed by atoms with Crippen LogP contribution in [0.2, 0.25) is 0 Å². The smallest absolute Gasteiger partial charge is 0.180 e. The minimum Gasteiger partial charge on any atom is -0.380 e. The highest BCUT2D eigenvalue weighted by Crippen LogP contribution is 2.27. The third-order valence-corrected chi connectivity index (χ3v) is 5.71. The molecule has 0 spiro atoms. The zero-order chi connectivity index (χ0) is 21.2. The van der Waals surface area contributed by atoms with Crippen molar-refractivity contribution >= 4 is 16.7 Å². The normalized spacial score (nSPS) is 16.7. The van der Waals surface area contributed by atoms with Crippen LogP contribution in [0.25, 0.3) is 22.6 Å². The lowest BCUT2D eigenvalue weighted by Gasteiger charge is -2.33. The van der Waals surface area contributed by atoms with Crippen molar-refractivity contribution in [3.05, 3.63) is 66.4 Å². The summed E-state index contributed by atoms with van der Waals surface area (Å²) in [6.45, 7) is 2.08. The monoisotopic (exact) mass is 418 g/mol. The SMILES string of the molecule is CO[C@@H]1CCCN(c2cnc(-c3nn(Cc4ccccc4F)c4ncccc34)nc2)C1. The molecule has 0 radical (unpaired) electrons. The number of aromatic nitrogens is 5. The topological polar surface area (TPSA) is 69.0 Å². The summed E-state index contributed by atoms with van der Waals surface area (Å²) in [5.74, 6) is 0.259. The Labute approximate surface area is 179 Å². The minimum atomic E-state index is -0.264. The van der Waals surface area contributed by atoms with Crippen LogP contribution >= 0.6 is 0 Å². The van der Waals surface area contributed by atoms with E-state index in [2.05, 4.69) is 19.9 Å². The first-order valence-corrected chi connectivity index (χ1v) is 10.4. The molecule has 4 heterocycles. The lowest BCUT2D eigenvalue weighted by Crippen LogP contribution is -2.39. The number of ether oxygens (including phenoxy) is 1. The van der Waals surface area contributed by atoms with Crippen molar-refractivity contribution in [3.8, 4) is 11.5 Å². The van der Waals surface area contributed by atoms with Gasteiger partial charge in [-0.05, 0) is 31.0 Å². The molecule has 0 bridgehead atoms. The van der Waals surface area contributed by atoms with Crippen molar-refractivity contribution in [1.82, 2.24) is 24.7 Å². The van der Waals surface area contributed by atoms with E-state index in [1.165, 1.54) is 6.07 Å². The van der Waals surface area contributed by atoms with E-state index >= 15 is 0 Å². The second-order valence-electron chi connectivity index (χ2n) is 7.68. The van der Waals surface area contributed by atoms with Crippen LogP contribution in [-0.2, 0) is 11.3 Å². The van der Waals surface area contributed by atoms with Crippen LogP contribution in [0.5, 0.6) is 0 Å². The molecule has 8 heteroatoms. The fourth-order valence-electron chi connectivity index (χ4n) is 4.04. The molecule has 1 atom stereocenters. The van der Waals surface area contributed by atoms with Gasteiger partial charge >= 0.3 is 0 Å². The first-order valence-electron chi connectivity index (χ1n) is 10.4. The predicted molar refractivity (Wildman–Crippen MR) is 116 cm³/mol. The quantitative estimate of drug-likeness (QED) is 0.492. The van der Waals surface area contributed by atoms with Crippen LogP contribution in [0.4, 0.5) is 10.1 Å². The second kappa shape index (κ2) is 8.39. The molecule has 31 heavy (non-hydrogen) atoms. The second-order valence-corrected chi connectivity index (χ2v) is 7.68. The lowest BCUT2D eigenvalue weighted by atomic mass is 10.1. The van der Waals surface area contributed by atoms with Crippen molar-refractivity contribution in [2.24, 2.45) is 0 Å². The fourth-order valence-corrected chi connectivity index (χ4v) is 4.04. The number of nitrogens with zero attached hydrogens (tertiary/aromatic N) is 6. The summed E-state index contributed by atoms with van der Waals surface area (Å²) in [7, 11) is 1.75. The van der Waals surface area contributed by atoms with Crippen LogP contribution in [-0.4, -0.2) is 51.0 Å². The Morgan fingerprint density at radius 3 is 2.74 bits per heavy atom. The minimum absolute atomic E-state index is 0.234. The number of halogens is 1. The maximum Gasteiger partial charge on any atom is 0.180 e. The van der Waals surface area contributed by atoms with E-state index in [9.17, 15) is 4.39 Å². The Morgan fingerprint density at radius 2 is 1.94 bits per heavy atom. The summed E-state index contributed by atoms with van der Waals surface area (Å²) >= 11 is 0. The molecular weight excluding hydrogens is 395 g/mol. The predicted octanol–water partition coefficient (Wildman–Crippen LogP) is 3.69. The number of methoxy groups -OCH3 is 1. The number of piperidine rings is 1. The molecule has 1 aromatic carbocycles. The lowest BCUT2D eigenvalue weighted by molar-refractivity contribution is 0.0893. The first kappa shape index (κ1) is 19.6. The van der Waals surface area contributed by atoms with Gasteiger partial charge in [-0.3, -0.25) is 0 Å². The van der Waals surface area contributed by atoms with Gasteiger partial charge in [0, 0.05) is 32.0 Å². The van der Waals surface area contributed by atoms with E-state index in [4.69, 9.17) is 9.84 Å². The number of benzene rings is 1. The van der Waals surface area contributed by atoms with Crippen LogP contribution < -0.4 is 4.90 Å². The molecular formula is C23H23FN6O. The molecule has 4 aromatic rings. The fraction of sp³-hybridized carbons (Fsp3) is 0.304. The first-order chi connectivity index (χ1) is 15.2. The van der Waals surface area contributed by atoms with Crippen LogP contribution in [0.3, 0.4) is 0 Å². The Morgan fingerprint density at radius 1 is 1.10 bits per heavy atom. The largest absolute Gasteiger partial charge is 0.380 e. The third kappa shape index (κ3) is 3.86. The van der Waals surface area contributed by atoms with E-state index in [-0.39, 0.29) is 18.5 Å². The average Bonchev–Trinajstić information content (AvgIpc) is 3.19. The summed E-state index contributed by atoms with van der Waals surface area (Å²) < 4.78 is 21.4. The zero-order valence-electron chi connectivity index (χ0n) is 17.3. The maximum absolute atomic E-state index is 14.2. The number of anilines is 1. The van der Waals surface area contributed by atoms with Gasteiger partial charge in [0.15, 0.2) is 11.5 Å². The molecule has 5 rings (SSSR count). The van der Waals surface area contributed by atoms with Crippen molar-refractivity contribution in [1.29, 1.82) is 0 Å². The molecule has 3 aromatic heterocycles. The van der Waals surface area contributed by atoms with Gasteiger partial charge in [-0.1, -0.05) is 18.2 Å². The summed E-state index contributed by atoms with van der Waals surface area (Å²) in [4.78, 5) is 15.9. The molecule has 7 nitrogen and oxygen atoms in total. The molecule has 0 amide bonds. The molecule has 1 aliphatic rings. The molecule has 0 aliphatic carbocycles. The standard InChI is InChI=1S/C23H23FN6O/c1-31-18-7-5-11-29(15-18)17-12-26-22(27-13-17)21-19-8-4-10-25-23(19)30(28-21)14-16-6-2-3-9-20(16)24/h2-4,6,8-10,12-13,18H,5,7,11,14-15H2,1H3/t18-/m1/s1. The van der Waals surface area contributed by atoms with Gasteiger partial charge in [0.25, 0.3) is 0 Å².